The Balaban J connectivity index is 0.000000746. The van der Waals surface area contributed by atoms with Crippen LogP contribution in [0.4, 0.5) is 0 Å². The van der Waals surface area contributed by atoms with E-state index < -0.39 is 0 Å². The number of rotatable bonds is 6. The van der Waals surface area contributed by atoms with E-state index in [0.29, 0.717) is 0 Å². The Morgan fingerprint density at radius 2 is 1.30 bits per heavy atom. The fourth-order valence-corrected chi connectivity index (χ4v) is 6.52. The molecule has 0 heterocycles. The molecule has 0 nitrogen and oxygen atoms in total. The van der Waals surface area contributed by atoms with Crippen molar-refractivity contribution in [1.82, 2.24) is 0 Å². The van der Waals surface area contributed by atoms with Crippen LogP contribution in [-0.4, -0.2) is 3.26 Å². The van der Waals surface area contributed by atoms with Gasteiger partial charge in [0.15, 0.2) is 0 Å². The van der Waals surface area contributed by atoms with E-state index in [2.05, 4.69) is 93.5 Å². The van der Waals surface area contributed by atoms with Gasteiger partial charge in [-0.3, -0.25) is 0 Å². The van der Waals surface area contributed by atoms with Crippen molar-refractivity contribution in [2.75, 3.05) is 0 Å². The molecule has 0 aromatic heterocycles. The van der Waals surface area contributed by atoms with E-state index in [1.54, 1.807) is 0 Å². The normalized spacial score (nSPS) is 11.5. The molecule has 3 aromatic rings. The topological polar surface area (TPSA) is 0 Å². The monoisotopic (exact) mass is 746 g/mol. The Bertz CT molecular complexity index is 1060. The van der Waals surface area contributed by atoms with E-state index in [-0.39, 0.29) is 35.6 Å². The van der Waals surface area contributed by atoms with Crippen molar-refractivity contribution in [3.8, 4) is 11.1 Å². The zero-order valence-corrected chi connectivity index (χ0v) is 31.9. The molecule has 0 saturated heterocycles. The van der Waals surface area contributed by atoms with E-state index in [0.717, 1.165) is 6.42 Å². The third-order valence-electron chi connectivity index (χ3n) is 7.30. The van der Waals surface area contributed by atoms with Crippen molar-refractivity contribution in [2.45, 2.75) is 125 Å². The molecule has 0 aliphatic heterocycles. The predicted molar refractivity (Wildman–Crippen MR) is 166 cm³/mol. The number of unbranched alkanes of at least 4 members (excludes halogenated alkanes) is 2. The van der Waals surface area contributed by atoms with Crippen molar-refractivity contribution in [1.29, 1.82) is 0 Å². The summed E-state index contributed by atoms with van der Waals surface area (Å²) >= 11 is 1.33. The number of benzene rings is 2. The third-order valence-corrected chi connectivity index (χ3v) is 9.10. The van der Waals surface area contributed by atoms with Gasteiger partial charge in [-0.15, -0.1) is 16.7 Å². The summed E-state index contributed by atoms with van der Waals surface area (Å²) in [5, 5.41) is 0. The minimum absolute atomic E-state index is 0. The zero-order valence-electron chi connectivity index (χ0n) is 26.8. The van der Waals surface area contributed by atoms with Gasteiger partial charge >= 0.3 is 79.5 Å². The van der Waals surface area contributed by atoms with Crippen LogP contribution >= 0.6 is 0 Å². The van der Waals surface area contributed by atoms with Crippen LogP contribution in [0.2, 0.25) is 0 Å². The second-order valence-corrected chi connectivity index (χ2v) is 15.5. The zero-order chi connectivity index (χ0) is 28.5. The maximum Gasteiger partial charge on any atom is -0.0129 e. The molecule has 0 amide bonds. The van der Waals surface area contributed by atoms with E-state index >= 15 is 0 Å². The van der Waals surface area contributed by atoms with Gasteiger partial charge in [0.25, 0.3) is 0 Å². The standard InChI is InChI=1S/C23H29.C9H18.C5H5.2ClH.Hf/c1-14-9-16-11-17-10-15(2)21(23(6,7)8)13-19(17)18(16)12-20(14)22(3,4)5;1-3-5-7-9-8-6-4-2;1-2-4-5-3-1;;;/h9,12-13H,11H2,1-8H3;3-8H2,1-2H3;1-5H;2*1H;/q-1;;-1;;;+2/p-2. The van der Waals surface area contributed by atoms with Gasteiger partial charge in [-0.25, -0.2) is 12.1 Å². The maximum atomic E-state index is 3.69. The second kappa shape index (κ2) is 17.9. The fourth-order valence-electron chi connectivity index (χ4n) is 5.25. The molecule has 0 saturated carbocycles. The van der Waals surface area contributed by atoms with Crippen molar-refractivity contribution in [3.63, 3.8) is 0 Å². The first kappa shape index (κ1) is 39.1. The number of halogens is 2. The quantitative estimate of drug-likeness (QED) is 0.197. The van der Waals surface area contributed by atoms with Crippen LogP contribution < -0.4 is 24.8 Å². The van der Waals surface area contributed by atoms with E-state index in [1.165, 1.54) is 107 Å². The van der Waals surface area contributed by atoms with Gasteiger partial charge < -0.3 is 24.8 Å². The molecule has 0 fully saturated rings. The van der Waals surface area contributed by atoms with Crippen LogP contribution in [0.3, 0.4) is 0 Å². The molecule has 1 aliphatic rings. The average Bonchev–Trinajstić information content (AvgIpc) is 3.50. The van der Waals surface area contributed by atoms with Gasteiger partial charge in [0.05, 0.1) is 0 Å². The van der Waals surface area contributed by atoms with Crippen LogP contribution in [0.1, 0.15) is 127 Å². The summed E-state index contributed by atoms with van der Waals surface area (Å²) in [7, 11) is 0. The Labute approximate surface area is 274 Å². The van der Waals surface area contributed by atoms with Crippen molar-refractivity contribution in [2.24, 2.45) is 0 Å². The summed E-state index contributed by atoms with van der Waals surface area (Å²) in [6, 6.07) is 20.9. The van der Waals surface area contributed by atoms with Gasteiger partial charge in [-0.1, -0.05) is 71.6 Å². The smallest absolute Gasteiger partial charge is 0.0129 e. The van der Waals surface area contributed by atoms with Crippen LogP contribution in [-0.2, 0) is 41.1 Å². The first-order valence-corrected chi connectivity index (χ1v) is 16.5. The molecule has 0 unspecified atom stereocenters. The van der Waals surface area contributed by atoms with E-state index in [1.807, 2.05) is 33.6 Å². The molecule has 3 aromatic carbocycles. The van der Waals surface area contributed by atoms with Gasteiger partial charge in [0.1, 0.15) is 0 Å². The summed E-state index contributed by atoms with van der Waals surface area (Å²) in [4.78, 5) is 0. The Hall–Kier alpha value is -0.890. The molecule has 0 bridgehead atoms. The van der Waals surface area contributed by atoms with Gasteiger partial charge in [0.2, 0.25) is 0 Å². The Morgan fingerprint density at radius 1 is 0.800 bits per heavy atom. The van der Waals surface area contributed by atoms with Crippen LogP contribution in [0, 0.1) is 19.9 Å². The van der Waals surface area contributed by atoms with Gasteiger partial charge in [-0.05, 0) is 35.4 Å². The third kappa shape index (κ3) is 11.8. The SMILES string of the molecule is CCCC[C](=[Hf+2])CCCC.Cc1[c-]c2c(cc1C(C)(C)C)-c1cc(C(C)(C)C)c(C)cc1C2.[Cl-].[Cl-].c1cc[cH-]c1. The Morgan fingerprint density at radius 3 is 1.73 bits per heavy atom. The van der Waals surface area contributed by atoms with Crippen molar-refractivity contribution < 1.29 is 48.7 Å². The molecule has 0 radical (unpaired) electrons. The largest absolute Gasteiger partial charge is 1.00 e. The number of aryl methyl sites for hydroxylation is 2. The molecule has 4 rings (SSSR count). The van der Waals surface area contributed by atoms with E-state index in [4.69, 9.17) is 0 Å². The fraction of sp³-hybridized carbons (Fsp3) is 0.514. The van der Waals surface area contributed by atoms with Crippen molar-refractivity contribution >= 4 is 3.26 Å². The first-order valence-electron chi connectivity index (χ1n) is 14.7. The maximum absolute atomic E-state index is 3.69. The van der Waals surface area contributed by atoms with Crippen LogP contribution in [0.15, 0.2) is 48.5 Å². The average molecular weight is 746 g/mol. The minimum atomic E-state index is 0. The van der Waals surface area contributed by atoms with Crippen molar-refractivity contribution in [3.05, 3.63) is 88.0 Å². The summed E-state index contributed by atoms with van der Waals surface area (Å²) in [6.07, 6.45) is 9.42. The van der Waals surface area contributed by atoms with Gasteiger partial charge in [-0.2, -0.15) is 35.9 Å². The van der Waals surface area contributed by atoms with Gasteiger partial charge in [0, 0.05) is 0 Å². The predicted octanol–water partition coefficient (Wildman–Crippen LogP) is 4.77. The molecule has 3 heteroatoms. The molecule has 0 atom stereocenters. The molecule has 220 valence electrons. The summed E-state index contributed by atoms with van der Waals surface area (Å²) in [6.45, 7) is 22.8. The molecule has 0 spiro atoms. The molecular weight excluding hydrogens is 694 g/mol. The summed E-state index contributed by atoms with van der Waals surface area (Å²) in [5.74, 6) is 0. The molecule has 0 N–H and O–H groups in total. The number of hydrogen-bond donors (Lipinski definition) is 0. The van der Waals surface area contributed by atoms with E-state index in [9.17, 15) is 0 Å². The molecule has 40 heavy (non-hydrogen) atoms. The Kier molecular flexibility index (Phi) is 17.5. The number of hydrogen-bond acceptors (Lipinski definition) is 0. The summed E-state index contributed by atoms with van der Waals surface area (Å²) < 4.78 is 1.84. The molecular formula is C37H52Cl2Hf-2. The number of fused-ring (bicyclic) bond motifs is 3. The summed E-state index contributed by atoms with van der Waals surface area (Å²) in [5.41, 5.74) is 11.6. The second-order valence-electron chi connectivity index (χ2n) is 13.0. The van der Waals surface area contributed by atoms with Crippen LogP contribution in [0.25, 0.3) is 11.1 Å². The minimum Gasteiger partial charge on any atom is -1.00 e. The molecule has 1 aliphatic carbocycles. The first-order chi connectivity index (χ1) is 17.8. The van der Waals surface area contributed by atoms with Crippen LogP contribution in [0.5, 0.6) is 0 Å².